The van der Waals surface area contributed by atoms with Crippen LogP contribution in [0, 0.1) is 0 Å². The molecule has 8 nitrogen and oxygen atoms in total. The Labute approximate surface area is 207 Å². The van der Waals surface area contributed by atoms with Gasteiger partial charge in [-0.1, -0.05) is 48.5 Å². The molecule has 0 aliphatic carbocycles. The maximum absolute atomic E-state index is 13.1. The lowest BCUT2D eigenvalue weighted by Crippen LogP contribution is -2.52. The number of amides is 2. The van der Waals surface area contributed by atoms with E-state index in [0.717, 1.165) is 17.7 Å². The quantitative estimate of drug-likeness (QED) is 0.273. The molecule has 196 valence electrons. The predicted octanol–water partition coefficient (Wildman–Crippen LogP) is 1.05. The number of Topliss-reactive ketones (excluding diaryl/α,β-unsaturated/α-hetero) is 1. The second kappa shape index (κ2) is 13.7. The van der Waals surface area contributed by atoms with Gasteiger partial charge in [-0.25, -0.2) is 0 Å². The smallest absolute Gasteiger partial charge is 0.351 e. The number of halogens is 3. The summed E-state index contributed by atoms with van der Waals surface area (Å²) in [4.78, 5) is 37.9. The fourth-order valence-corrected chi connectivity index (χ4v) is 3.52. The summed E-state index contributed by atoms with van der Waals surface area (Å²) in [7, 11) is 0. The van der Waals surface area contributed by atoms with Gasteiger partial charge in [0.15, 0.2) is 5.78 Å². The van der Waals surface area contributed by atoms with Gasteiger partial charge in [0.2, 0.25) is 11.8 Å². The average Bonchev–Trinajstić information content (AvgIpc) is 2.85. The second-order valence-electron chi connectivity index (χ2n) is 8.47. The van der Waals surface area contributed by atoms with Crippen LogP contribution in [0.3, 0.4) is 0 Å². The highest BCUT2D eigenvalue weighted by molar-refractivity contribution is 5.93. The molecule has 0 aromatic heterocycles. The van der Waals surface area contributed by atoms with Gasteiger partial charge < -0.3 is 27.8 Å². The van der Waals surface area contributed by atoms with Gasteiger partial charge in [0.05, 0.1) is 30.1 Å². The minimum atomic E-state index is -4.54. The molecule has 0 heterocycles. The molecule has 0 unspecified atom stereocenters. The first-order valence-electron chi connectivity index (χ1n) is 11.5. The SMILES string of the molecule is NCC(CN)NC(=O)C[C@H](N)C(=O)N[C@@H](CCc1ccccc1)C(=O)Cc1cccc(C(F)(F)F)c1. The molecule has 2 rings (SSSR count). The van der Waals surface area contributed by atoms with Crippen molar-refractivity contribution in [3.8, 4) is 0 Å². The highest BCUT2D eigenvalue weighted by Crippen LogP contribution is 2.29. The zero-order valence-electron chi connectivity index (χ0n) is 19.8. The molecule has 8 N–H and O–H groups in total. The first-order valence-corrected chi connectivity index (χ1v) is 11.5. The zero-order chi connectivity index (χ0) is 26.7. The van der Waals surface area contributed by atoms with E-state index in [1.807, 2.05) is 30.3 Å². The standard InChI is InChI=1S/C25H32F3N5O3/c26-25(27,28)18-8-4-7-17(11-18)12-22(34)21(10-9-16-5-2-1-3-6-16)33-24(36)20(31)13-23(35)32-19(14-29)15-30/h1-8,11,19-21H,9-10,12-15,29-31H2,(H,32,35)(H,33,36)/t20-,21-/m0/s1. The molecule has 11 heteroatoms. The van der Waals surface area contributed by atoms with E-state index in [-0.39, 0.29) is 37.9 Å². The molecule has 2 aromatic carbocycles. The lowest BCUT2D eigenvalue weighted by Gasteiger charge is -2.21. The van der Waals surface area contributed by atoms with E-state index in [4.69, 9.17) is 17.2 Å². The molecule has 0 aliphatic heterocycles. The molecule has 36 heavy (non-hydrogen) atoms. The predicted molar refractivity (Wildman–Crippen MR) is 129 cm³/mol. The van der Waals surface area contributed by atoms with Crippen molar-refractivity contribution in [3.63, 3.8) is 0 Å². The Hall–Kier alpha value is -3.28. The minimum absolute atomic E-state index is 0.120. The van der Waals surface area contributed by atoms with Crippen LogP contribution >= 0.6 is 0 Å². The number of ketones is 1. The Balaban J connectivity index is 2.10. The van der Waals surface area contributed by atoms with Gasteiger partial charge in [-0.15, -0.1) is 0 Å². The number of aryl methyl sites for hydroxylation is 1. The zero-order valence-corrected chi connectivity index (χ0v) is 19.8. The lowest BCUT2D eigenvalue weighted by atomic mass is 9.96. The van der Waals surface area contributed by atoms with Crippen LogP contribution in [0.1, 0.15) is 29.5 Å². The van der Waals surface area contributed by atoms with Crippen LogP contribution < -0.4 is 27.8 Å². The number of nitrogens with two attached hydrogens (primary N) is 3. The van der Waals surface area contributed by atoms with Gasteiger partial charge in [-0.2, -0.15) is 13.2 Å². The average molecular weight is 508 g/mol. The van der Waals surface area contributed by atoms with Crippen LogP contribution in [0.4, 0.5) is 13.2 Å². The summed E-state index contributed by atoms with van der Waals surface area (Å²) in [5, 5.41) is 5.14. The summed E-state index contributed by atoms with van der Waals surface area (Å²) in [6.45, 7) is 0.241. The Morgan fingerprint density at radius 1 is 0.889 bits per heavy atom. The number of carbonyl (C=O) groups excluding carboxylic acids is 3. The fourth-order valence-electron chi connectivity index (χ4n) is 3.52. The summed E-state index contributed by atoms with van der Waals surface area (Å²) >= 11 is 0. The number of hydrogen-bond donors (Lipinski definition) is 5. The number of nitrogens with one attached hydrogen (secondary N) is 2. The number of carbonyl (C=O) groups is 3. The van der Waals surface area contributed by atoms with Crippen molar-refractivity contribution in [2.24, 2.45) is 17.2 Å². The molecular weight excluding hydrogens is 475 g/mol. The van der Waals surface area contributed by atoms with Gasteiger partial charge in [0.25, 0.3) is 0 Å². The molecule has 2 amide bonds. The molecule has 0 saturated heterocycles. The van der Waals surface area contributed by atoms with Crippen LogP contribution in [-0.2, 0) is 33.4 Å². The lowest BCUT2D eigenvalue weighted by molar-refractivity contribution is -0.137. The van der Waals surface area contributed by atoms with Crippen molar-refractivity contribution >= 4 is 17.6 Å². The molecule has 0 saturated carbocycles. The third kappa shape index (κ3) is 9.40. The molecule has 0 bridgehead atoms. The molecule has 0 aliphatic rings. The monoisotopic (exact) mass is 507 g/mol. The Morgan fingerprint density at radius 3 is 2.14 bits per heavy atom. The Morgan fingerprint density at radius 2 is 1.53 bits per heavy atom. The van der Waals surface area contributed by atoms with Crippen LogP contribution in [0.15, 0.2) is 54.6 Å². The first kappa shape index (κ1) is 29.0. The van der Waals surface area contributed by atoms with Gasteiger partial charge in [-0.3, -0.25) is 14.4 Å². The van der Waals surface area contributed by atoms with Crippen molar-refractivity contribution in [2.45, 2.75) is 50.0 Å². The highest BCUT2D eigenvalue weighted by Gasteiger charge is 2.31. The maximum Gasteiger partial charge on any atom is 0.416 e. The molecule has 0 radical (unpaired) electrons. The van der Waals surface area contributed by atoms with E-state index >= 15 is 0 Å². The van der Waals surface area contributed by atoms with Crippen LogP contribution in [0.2, 0.25) is 0 Å². The highest BCUT2D eigenvalue weighted by atomic mass is 19.4. The summed E-state index contributed by atoms with van der Waals surface area (Å²) in [6.07, 6.45) is -4.57. The summed E-state index contributed by atoms with van der Waals surface area (Å²) in [5.74, 6) is -1.71. The third-order valence-electron chi connectivity index (χ3n) is 5.58. The molecule has 0 fully saturated rings. The number of hydrogen-bond acceptors (Lipinski definition) is 6. The van der Waals surface area contributed by atoms with Crippen LogP contribution in [0.25, 0.3) is 0 Å². The van der Waals surface area contributed by atoms with Gasteiger partial charge in [0.1, 0.15) is 0 Å². The largest absolute Gasteiger partial charge is 0.416 e. The topological polar surface area (TPSA) is 153 Å². The van der Waals surface area contributed by atoms with E-state index in [0.29, 0.717) is 6.42 Å². The second-order valence-corrected chi connectivity index (χ2v) is 8.47. The number of rotatable bonds is 13. The van der Waals surface area contributed by atoms with Crippen LogP contribution in [-0.4, -0.2) is 48.8 Å². The van der Waals surface area contributed by atoms with E-state index < -0.39 is 47.5 Å². The van der Waals surface area contributed by atoms with Crippen LogP contribution in [0.5, 0.6) is 0 Å². The summed E-state index contributed by atoms with van der Waals surface area (Å²) < 4.78 is 39.2. The fraction of sp³-hybridized carbons (Fsp3) is 0.400. The van der Waals surface area contributed by atoms with Gasteiger partial charge >= 0.3 is 6.18 Å². The number of alkyl halides is 3. The van der Waals surface area contributed by atoms with Crippen molar-refractivity contribution < 1.29 is 27.6 Å². The van der Waals surface area contributed by atoms with Gasteiger partial charge in [0, 0.05) is 19.5 Å². The van der Waals surface area contributed by atoms with E-state index in [1.165, 1.54) is 12.1 Å². The Bertz CT molecular complexity index is 1010. The molecule has 2 atom stereocenters. The van der Waals surface area contributed by atoms with E-state index in [2.05, 4.69) is 10.6 Å². The Kier molecular flexibility index (Phi) is 11.0. The molecule has 2 aromatic rings. The van der Waals surface area contributed by atoms with Crippen molar-refractivity contribution in [1.82, 2.24) is 10.6 Å². The van der Waals surface area contributed by atoms with E-state index in [9.17, 15) is 27.6 Å². The summed E-state index contributed by atoms with van der Waals surface area (Å²) in [5.41, 5.74) is 17.1. The number of benzene rings is 2. The van der Waals surface area contributed by atoms with Gasteiger partial charge in [-0.05, 0) is 30.0 Å². The van der Waals surface area contributed by atoms with Crippen molar-refractivity contribution in [1.29, 1.82) is 0 Å². The minimum Gasteiger partial charge on any atom is -0.351 e. The van der Waals surface area contributed by atoms with Crippen molar-refractivity contribution in [2.75, 3.05) is 13.1 Å². The first-order chi connectivity index (χ1) is 17.0. The van der Waals surface area contributed by atoms with E-state index in [1.54, 1.807) is 0 Å². The molecular formula is C25H32F3N5O3. The molecule has 0 spiro atoms. The maximum atomic E-state index is 13.1. The van der Waals surface area contributed by atoms with Crippen molar-refractivity contribution in [3.05, 3.63) is 71.3 Å². The normalized spacial score (nSPS) is 13.2. The third-order valence-corrected chi connectivity index (χ3v) is 5.58. The summed E-state index contributed by atoms with van der Waals surface area (Å²) in [6, 6.07) is 11.0.